The minimum atomic E-state index is -0.229. The van der Waals surface area contributed by atoms with Crippen molar-refractivity contribution < 1.29 is 14.3 Å². The fourth-order valence-electron chi connectivity index (χ4n) is 3.17. The highest BCUT2D eigenvalue weighted by molar-refractivity contribution is 6.00. The van der Waals surface area contributed by atoms with Crippen LogP contribution in [0.25, 0.3) is 0 Å². The number of amides is 2. The largest absolute Gasteiger partial charge is 0.497 e. The Morgan fingerprint density at radius 1 is 1.13 bits per heavy atom. The van der Waals surface area contributed by atoms with E-state index in [-0.39, 0.29) is 17.7 Å². The van der Waals surface area contributed by atoms with E-state index in [4.69, 9.17) is 4.74 Å². The molecule has 6 nitrogen and oxygen atoms in total. The Balaban J connectivity index is 1.65. The molecular weight excluding hydrogens is 294 g/mol. The van der Waals surface area contributed by atoms with Crippen LogP contribution in [0.1, 0.15) is 6.42 Å². The van der Waals surface area contributed by atoms with Gasteiger partial charge < -0.3 is 19.4 Å². The number of hydrogen-bond acceptors (Lipinski definition) is 4. The van der Waals surface area contributed by atoms with Crippen molar-refractivity contribution in [3.05, 3.63) is 24.3 Å². The van der Waals surface area contributed by atoms with Gasteiger partial charge in [-0.05, 0) is 31.3 Å². The monoisotopic (exact) mass is 317 g/mol. The molecule has 2 saturated heterocycles. The van der Waals surface area contributed by atoms with Crippen LogP contribution in [0.3, 0.4) is 0 Å². The Morgan fingerprint density at radius 3 is 2.39 bits per heavy atom. The molecule has 1 aromatic carbocycles. The predicted octanol–water partition coefficient (Wildman–Crippen LogP) is 0.822. The van der Waals surface area contributed by atoms with Crippen LogP contribution in [0.2, 0.25) is 0 Å². The molecule has 0 aliphatic carbocycles. The zero-order valence-electron chi connectivity index (χ0n) is 13.7. The van der Waals surface area contributed by atoms with Gasteiger partial charge in [-0.3, -0.25) is 9.59 Å². The van der Waals surface area contributed by atoms with Crippen LogP contribution in [-0.4, -0.2) is 68.5 Å². The molecule has 1 aromatic rings. The van der Waals surface area contributed by atoms with Gasteiger partial charge in [0.25, 0.3) is 0 Å². The average Bonchev–Trinajstić information content (AvgIpc) is 2.97. The second-order valence-corrected chi connectivity index (χ2v) is 6.23. The summed E-state index contributed by atoms with van der Waals surface area (Å²) >= 11 is 0. The summed E-state index contributed by atoms with van der Waals surface area (Å²) in [6.45, 7) is 3.77. The van der Waals surface area contributed by atoms with E-state index in [2.05, 4.69) is 11.9 Å². The molecule has 6 heteroatoms. The third kappa shape index (κ3) is 3.32. The third-order valence-electron chi connectivity index (χ3n) is 4.67. The van der Waals surface area contributed by atoms with E-state index in [1.165, 1.54) is 0 Å². The summed E-state index contributed by atoms with van der Waals surface area (Å²) in [5.41, 5.74) is 0.824. The number of nitrogens with zero attached hydrogens (tertiary/aromatic N) is 3. The van der Waals surface area contributed by atoms with E-state index in [9.17, 15) is 9.59 Å². The molecule has 2 aliphatic heterocycles. The molecule has 1 atom stereocenters. The maximum absolute atomic E-state index is 12.6. The van der Waals surface area contributed by atoms with E-state index in [0.29, 0.717) is 13.0 Å². The first-order valence-electron chi connectivity index (χ1n) is 8.00. The number of rotatable bonds is 3. The van der Waals surface area contributed by atoms with Crippen molar-refractivity contribution in [3.8, 4) is 5.75 Å². The zero-order valence-corrected chi connectivity index (χ0v) is 13.7. The second kappa shape index (κ2) is 6.58. The molecule has 0 spiro atoms. The van der Waals surface area contributed by atoms with Crippen LogP contribution in [0.5, 0.6) is 5.75 Å². The van der Waals surface area contributed by atoms with Crippen molar-refractivity contribution in [2.24, 2.45) is 5.92 Å². The molecule has 2 heterocycles. The molecule has 2 aliphatic rings. The summed E-state index contributed by atoms with van der Waals surface area (Å²) < 4.78 is 5.14. The van der Waals surface area contributed by atoms with E-state index < -0.39 is 0 Å². The van der Waals surface area contributed by atoms with Gasteiger partial charge in [0.2, 0.25) is 11.8 Å². The highest BCUT2D eigenvalue weighted by atomic mass is 16.5. The number of carbonyl (C=O) groups is 2. The van der Waals surface area contributed by atoms with Crippen LogP contribution >= 0.6 is 0 Å². The first-order valence-corrected chi connectivity index (χ1v) is 8.00. The minimum Gasteiger partial charge on any atom is -0.497 e. The van der Waals surface area contributed by atoms with Gasteiger partial charge in [-0.2, -0.15) is 0 Å². The Labute approximate surface area is 136 Å². The Kier molecular flexibility index (Phi) is 4.52. The Morgan fingerprint density at radius 2 is 1.78 bits per heavy atom. The minimum absolute atomic E-state index is 0.0163. The number of piperazine rings is 1. The Bertz CT molecular complexity index is 579. The molecular formula is C17H23N3O3. The van der Waals surface area contributed by atoms with Crippen molar-refractivity contribution in [2.75, 3.05) is 51.8 Å². The molecule has 0 radical (unpaired) electrons. The van der Waals surface area contributed by atoms with Gasteiger partial charge in [0.05, 0.1) is 13.0 Å². The fourth-order valence-corrected chi connectivity index (χ4v) is 3.17. The molecule has 2 fully saturated rings. The molecule has 0 N–H and O–H groups in total. The highest BCUT2D eigenvalue weighted by Gasteiger charge is 2.37. The maximum atomic E-state index is 12.6. The summed E-state index contributed by atoms with van der Waals surface area (Å²) in [7, 11) is 3.67. The number of hydrogen-bond donors (Lipinski definition) is 0. The molecule has 2 amide bonds. The zero-order chi connectivity index (χ0) is 16.4. The van der Waals surface area contributed by atoms with Crippen LogP contribution in [0, 0.1) is 5.92 Å². The smallest absolute Gasteiger partial charge is 0.228 e. The normalized spacial score (nSPS) is 22.5. The van der Waals surface area contributed by atoms with Crippen molar-refractivity contribution >= 4 is 17.5 Å². The molecule has 0 saturated carbocycles. The maximum Gasteiger partial charge on any atom is 0.228 e. The van der Waals surface area contributed by atoms with Gasteiger partial charge in [0, 0.05) is 44.8 Å². The standard InChI is InChI=1S/C17H23N3O3/c1-18-7-9-19(10-8-18)17(22)13-11-16(21)20(12-13)14-3-5-15(23-2)6-4-14/h3-6,13H,7-12H2,1-2H3/t13-/m0/s1. The lowest BCUT2D eigenvalue weighted by Gasteiger charge is -2.33. The first kappa shape index (κ1) is 15.8. The summed E-state index contributed by atoms with van der Waals surface area (Å²) in [6.07, 6.45) is 0.303. The van der Waals surface area contributed by atoms with E-state index in [1.54, 1.807) is 12.0 Å². The summed E-state index contributed by atoms with van der Waals surface area (Å²) in [6, 6.07) is 7.38. The number of anilines is 1. The molecule has 23 heavy (non-hydrogen) atoms. The molecule has 0 aromatic heterocycles. The molecule has 0 unspecified atom stereocenters. The van der Waals surface area contributed by atoms with Crippen molar-refractivity contribution in [3.63, 3.8) is 0 Å². The first-order chi connectivity index (χ1) is 11.1. The lowest BCUT2D eigenvalue weighted by Crippen LogP contribution is -2.49. The highest BCUT2D eigenvalue weighted by Crippen LogP contribution is 2.28. The van der Waals surface area contributed by atoms with Gasteiger partial charge in [-0.15, -0.1) is 0 Å². The van der Waals surface area contributed by atoms with Gasteiger partial charge >= 0.3 is 0 Å². The van der Waals surface area contributed by atoms with Crippen LogP contribution in [-0.2, 0) is 9.59 Å². The van der Waals surface area contributed by atoms with Crippen LogP contribution in [0.15, 0.2) is 24.3 Å². The number of carbonyl (C=O) groups excluding carboxylic acids is 2. The fraction of sp³-hybridized carbons (Fsp3) is 0.529. The van der Waals surface area contributed by atoms with Gasteiger partial charge in [0.15, 0.2) is 0 Å². The predicted molar refractivity (Wildman–Crippen MR) is 87.5 cm³/mol. The average molecular weight is 317 g/mol. The van der Waals surface area contributed by atoms with Gasteiger partial charge in [-0.25, -0.2) is 0 Å². The summed E-state index contributed by atoms with van der Waals surface area (Å²) in [5, 5.41) is 0. The summed E-state index contributed by atoms with van der Waals surface area (Å²) in [4.78, 5) is 30.8. The third-order valence-corrected chi connectivity index (χ3v) is 4.67. The number of benzene rings is 1. The van der Waals surface area contributed by atoms with E-state index >= 15 is 0 Å². The van der Waals surface area contributed by atoms with E-state index in [1.807, 2.05) is 29.2 Å². The van der Waals surface area contributed by atoms with Gasteiger partial charge in [-0.1, -0.05) is 0 Å². The SMILES string of the molecule is COc1ccc(N2C[C@@H](C(=O)N3CCN(C)CC3)CC2=O)cc1. The number of ether oxygens (including phenoxy) is 1. The quantitative estimate of drug-likeness (QED) is 0.828. The molecule has 0 bridgehead atoms. The number of likely N-dealkylation sites (N-methyl/N-ethyl adjacent to an activating group) is 1. The van der Waals surface area contributed by atoms with Crippen molar-refractivity contribution in [1.29, 1.82) is 0 Å². The topological polar surface area (TPSA) is 53.1 Å². The Hall–Kier alpha value is -2.08. The van der Waals surface area contributed by atoms with Crippen molar-refractivity contribution in [2.45, 2.75) is 6.42 Å². The van der Waals surface area contributed by atoms with Crippen molar-refractivity contribution in [1.82, 2.24) is 9.80 Å². The lowest BCUT2D eigenvalue weighted by molar-refractivity contribution is -0.137. The van der Waals surface area contributed by atoms with Gasteiger partial charge in [0.1, 0.15) is 5.75 Å². The molecule has 124 valence electrons. The number of methoxy groups -OCH3 is 1. The lowest BCUT2D eigenvalue weighted by atomic mass is 10.1. The van der Waals surface area contributed by atoms with Crippen LogP contribution in [0.4, 0.5) is 5.69 Å². The van der Waals surface area contributed by atoms with E-state index in [0.717, 1.165) is 37.6 Å². The molecule has 3 rings (SSSR count). The van der Waals surface area contributed by atoms with Crippen LogP contribution < -0.4 is 9.64 Å². The summed E-state index contributed by atoms with van der Waals surface area (Å²) in [5.74, 6) is 0.656. The second-order valence-electron chi connectivity index (χ2n) is 6.23.